The van der Waals surface area contributed by atoms with Gasteiger partial charge in [-0.05, 0) is 26.7 Å². The Labute approximate surface area is 102 Å². The molecule has 2 heterocycles. The number of hydrogen-bond donors (Lipinski definition) is 0. The first-order valence-electron chi connectivity index (χ1n) is 6.57. The van der Waals surface area contributed by atoms with Crippen molar-refractivity contribution < 1.29 is 14.3 Å². The Hall–Kier alpha value is -0.610. The molecule has 1 saturated carbocycles. The highest BCUT2D eigenvalue weighted by Crippen LogP contribution is 2.47. The predicted octanol–water partition coefficient (Wildman–Crippen LogP) is 1.54. The number of fused-ring (bicyclic) bond motifs is 3. The summed E-state index contributed by atoms with van der Waals surface area (Å²) >= 11 is 0. The van der Waals surface area contributed by atoms with Gasteiger partial charge in [-0.25, -0.2) is 0 Å². The first-order chi connectivity index (χ1) is 8.04. The topological polar surface area (TPSA) is 38.8 Å². The van der Waals surface area contributed by atoms with E-state index in [1.54, 1.807) is 7.11 Å². The third-order valence-corrected chi connectivity index (χ3v) is 4.60. The monoisotopic (exact) mass is 239 g/mol. The molecular weight excluding hydrogens is 218 g/mol. The summed E-state index contributed by atoms with van der Waals surface area (Å²) in [6.45, 7) is 3.99. The second kappa shape index (κ2) is 3.69. The molecule has 0 aromatic heterocycles. The molecule has 0 aromatic carbocycles. The van der Waals surface area contributed by atoms with E-state index in [0.717, 1.165) is 12.8 Å². The molecular formula is C13H21NO3. The molecule has 1 aliphatic carbocycles. The van der Waals surface area contributed by atoms with Crippen LogP contribution < -0.4 is 0 Å². The molecule has 4 atom stereocenters. The predicted molar refractivity (Wildman–Crippen MR) is 62.3 cm³/mol. The maximum absolute atomic E-state index is 11.7. The fourth-order valence-electron chi connectivity index (χ4n) is 3.86. The summed E-state index contributed by atoms with van der Waals surface area (Å²) in [5.74, 6) is 0.706. The van der Waals surface area contributed by atoms with Gasteiger partial charge >= 0.3 is 0 Å². The third-order valence-electron chi connectivity index (χ3n) is 4.60. The van der Waals surface area contributed by atoms with Gasteiger partial charge in [-0.1, -0.05) is 6.42 Å². The van der Waals surface area contributed by atoms with Crippen molar-refractivity contribution in [2.45, 2.75) is 63.5 Å². The van der Waals surface area contributed by atoms with Gasteiger partial charge in [-0.15, -0.1) is 0 Å². The zero-order valence-electron chi connectivity index (χ0n) is 10.8. The molecule has 0 spiro atoms. The third kappa shape index (κ3) is 1.54. The molecule has 2 aliphatic heterocycles. The highest BCUT2D eigenvalue weighted by Gasteiger charge is 2.58. The largest absolute Gasteiger partial charge is 0.379 e. The van der Waals surface area contributed by atoms with Crippen LogP contribution in [0.25, 0.3) is 0 Å². The number of ether oxygens (including phenoxy) is 2. The number of carbonyl (C=O) groups excluding carboxylic acids is 1. The summed E-state index contributed by atoms with van der Waals surface area (Å²) < 4.78 is 11.7. The van der Waals surface area contributed by atoms with E-state index >= 15 is 0 Å². The summed E-state index contributed by atoms with van der Waals surface area (Å²) in [6.07, 6.45) is 4.49. The molecule has 3 aliphatic rings. The summed E-state index contributed by atoms with van der Waals surface area (Å²) in [6, 6.07) is 0.384. The maximum atomic E-state index is 11.7. The van der Waals surface area contributed by atoms with Crippen LogP contribution in [-0.2, 0) is 14.3 Å². The van der Waals surface area contributed by atoms with Crippen molar-refractivity contribution in [2.75, 3.05) is 7.11 Å². The van der Waals surface area contributed by atoms with Crippen LogP contribution in [0.2, 0.25) is 0 Å². The van der Waals surface area contributed by atoms with Gasteiger partial charge in [0.1, 0.15) is 5.72 Å². The smallest absolute Gasteiger partial charge is 0.227 e. The first kappa shape index (κ1) is 11.5. The van der Waals surface area contributed by atoms with Crippen LogP contribution in [0.3, 0.4) is 0 Å². The van der Waals surface area contributed by atoms with Gasteiger partial charge in [0, 0.05) is 25.5 Å². The second-order valence-corrected chi connectivity index (χ2v) is 5.93. The molecule has 1 amide bonds. The van der Waals surface area contributed by atoms with E-state index in [9.17, 15) is 4.79 Å². The Morgan fingerprint density at radius 3 is 2.82 bits per heavy atom. The molecule has 0 aromatic rings. The molecule has 0 unspecified atom stereocenters. The summed E-state index contributed by atoms with van der Waals surface area (Å²) in [7, 11) is 1.77. The standard InChI is InChI=1S/C13H21NO3/c1-13(2)14-9(7-11(14)15)8-5-4-6-10(16-3)12(8)17-13/h8-10,12H,4-7H2,1-3H3/t8-,9+,10+,12+/m1/s1. The van der Waals surface area contributed by atoms with Crippen molar-refractivity contribution in [2.24, 2.45) is 5.92 Å². The number of methoxy groups -OCH3 is 1. The van der Waals surface area contributed by atoms with Crippen LogP contribution in [0.4, 0.5) is 0 Å². The lowest BCUT2D eigenvalue weighted by Gasteiger charge is -2.61. The van der Waals surface area contributed by atoms with E-state index < -0.39 is 5.72 Å². The summed E-state index contributed by atoms with van der Waals surface area (Å²) in [4.78, 5) is 13.7. The molecule has 0 N–H and O–H groups in total. The number of amides is 1. The Kier molecular flexibility index (Phi) is 2.49. The van der Waals surface area contributed by atoms with E-state index in [1.165, 1.54) is 6.42 Å². The molecule has 96 valence electrons. The Balaban J connectivity index is 1.87. The zero-order valence-corrected chi connectivity index (χ0v) is 10.8. The van der Waals surface area contributed by atoms with E-state index in [4.69, 9.17) is 9.47 Å². The SMILES string of the molecule is CO[C@H]1CCC[C@H]2[C@@H]1OC(C)(C)N1C(=O)C[C@@H]21. The average Bonchev–Trinajstić information content (AvgIpc) is 2.24. The highest BCUT2D eigenvalue weighted by atomic mass is 16.6. The molecule has 17 heavy (non-hydrogen) atoms. The Morgan fingerprint density at radius 1 is 1.41 bits per heavy atom. The van der Waals surface area contributed by atoms with Crippen LogP contribution in [0.15, 0.2) is 0 Å². The van der Waals surface area contributed by atoms with Crippen LogP contribution in [0.5, 0.6) is 0 Å². The molecule has 0 radical (unpaired) electrons. The fraction of sp³-hybridized carbons (Fsp3) is 0.923. The van der Waals surface area contributed by atoms with Crippen molar-refractivity contribution in [1.82, 2.24) is 4.90 Å². The maximum Gasteiger partial charge on any atom is 0.227 e. The molecule has 4 heteroatoms. The van der Waals surface area contributed by atoms with Crippen LogP contribution in [-0.4, -0.2) is 41.9 Å². The van der Waals surface area contributed by atoms with Crippen molar-refractivity contribution in [3.63, 3.8) is 0 Å². The van der Waals surface area contributed by atoms with Crippen LogP contribution >= 0.6 is 0 Å². The Bertz CT molecular complexity index is 342. The molecule has 3 fully saturated rings. The Morgan fingerprint density at radius 2 is 2.18 bits per heavy atom. The minimum atomic E-state index is -0.463. The normalized spacial score (nSPS) is 43.7. The number of nitrogens with zero attached hydrogens (tertiary/aromatic N) is 1. The lowest BCUT2D eigenvalue weighted by molar-refractivity contribution is -0.286. The van der Waals surface area contributed by atoms with Gasteiger partial charge < -0.3 is 14.4 Å². The fourth-order valence-corrected chi connectivity index (χ4v) is 3.86. The second-order valence-electron chi connectivity index (χ2n) is 5.93. The molecule has 0 bridgehead atoms. The van der Waals surface area contributed by atoms with Crippen molar-refractivity contribution in [1.29, 1.82) is 0 Å². The quantitative estimate of drug-likeness (QED) is 0.651. The van der Waals surface area contributed by atoms with E-state index in [-0.39, 0.29) is 18.1 Å². The zero-order chi connectivity index (χ0) is 12.2. The van der Waals surface area contributed by atoms with Gasteiger partial charge in [0.05, 0.1) is 12.2 Å². The number of rotatable bonds is 1. The van der Waals surface area contributed by atoms with Gasteiger partial charge in [-0.2, -0.15) is 0 Å². The number of β-lactam (4-membered cyclic amide) rings is 1. The minimum Gasteiger partial charge on any atom is -0.379 e. The number of carbonyl (C=O) groups is 1. The van der Waals surface area contributed by atoms with E-state index in [2.05, 4.69) is 0 Å². The molecule has 3 rings (SSSR count). The minimum absolute atomic E-state index is 0.165. The van der Waals surface area contributed by atoms with Gasteiger partial charge in [0.25, 0.3) is 0 Å². The lowest BCUT2D eigenvalue weighted by atomic mass is 9.72. The van der Waals surface area contributed by atoms with Crippen LogP contribution in [0, 0.1) is 5.92 Å². The van der Waals surface area contributed by atoms with Gasteiger partial charge in [-0.3, -0.25) is 4.79 Å². The summed E-state index contributed by atoms with van der Waals surface area (Å²) in [5, 5.41) is 0. The first-order valence-corrected chi connectivity index (χ1v) is 6.57. The van der Waals surface area contributed by atoms with Gasteiger partial charge in [0.15, 0.2) is 0 Å². The van der Waals surface area contributed by atoms with Crippen molar-refractivity contribution in [3.05, 3.63) is 0 Å². The van der Waals surface area contributed by atoms with Crippen LogP contribution in [0.1, 0.15) is 39.5 Å². The van der Waals surface area contributed by atoms with Crippen molar-refractivity contribution in [3.8, 4) is 0 Å². The number of hydrogen-bond acceptors (Lipinski definition) is 3. The van der Waals surface area contributed by atoms with Crippen molar-refractivity contribution >= 4 is 5.91 Å². The van der Waals surface area contributed by atoms with E-state index in [1.807, 2.05) is 18.7 Å². The lowest BCUT2D eigenvalue weighted by Crippen LogP contribution is -2.73. The highest BCUT2D eigenvalue weighted by molar-refractivity contribution is 5.84. The average molecular weight is 239 g/mol. The van der Waals surface area contributed by atoms with E-state index in [0.29, 0.717) is 18.4 Å². The molecule has 2 saturated heterocycles. The molecule has 4 nitrogen and oxygen atoms in total. The van der Waals surface area contributed by atoms with Gasteiger partial charge in [0.2, 0.25) is 5.91 Å². The summed E-state index contributed by atoms with van der Waals surface area (Å²) in [5.41, 5.74) is -0.463.